The highest BCUT2D eigenvalue weighted by atomic mass is 16.2. The Balaban J connectivity index is 2.83. The second-order valence-corrected chi connectivity index (χ2v) is 5.98. The van der Waals surface area contributed by atoms with Crippen molar-refractivity contribution in [1.29, 1.82) is 0 Å². The van der Waals surface area contributed by atoms with E-state index in [0.29, 0.717) is 0 Å². The van der Waals surface area contributed by atoms with Crippen LogP contribution < -0.4 is 5.32 Å². The number of hydrogen-bond acceptors (Lipinski definition) is 3. The number of nitrogens with zero attached hydrogens (tertiary/aromatic N) is 2. The standard InChI is InChI=1S/C13H24N4O/c1-7-13(6,8-2)15-10(18)9-14-11(17-16-9)12(3,4)5/h7-8H2,1-6H3,(H,15,18)(H,14,16,17). The van der Waals surface area contributed by atoms with Crippen LogP contribution in [0.15, 0.2) is 0 Å². The first kappa shape index (κ1) is 14.7. The third-order valence-electron chi connectivity index (χ3n) is 3.37. The fraction of sp³-hybridized carbons (Fsp3) is 0.769. The highest BCUT2D eigenvalue weighted by Crippen LogP contribution is 2.18. The van der Waals surface area contributed by atoms with Gasteiger partial charge in [0.25, 0.3) is 5.91 Å². The lowest BCUT2D eigenvalue weighted by Crippen LogP contribution is -2.45. The quantitative estimate of drug-likeness (QED) is 0.864. The number of hydrogen-bond donors (Lipinski definition) is 2. The highest BCUT2D eigenvalue weighted by Gasteiger charge is 2.26. The van der Waals surface area contributed by atoms with E-state index in [9.17, 15) is 4.79 Å². The van der Waals surface area contributed by atoms with Crippen LogP contribution in [-0.4, -0.2) is 26.6 Å². The maximum atomic E-state index is 12.1. The molecule has 102 valence electrons. The average molecular weight is 252 g/mol. The molecule has 5 heteroatoms. The minimum absolute atomic E-state index is 0.135. The number of aromatic amines is 1. The molecule has 0 fully saturated rings. The summed E-state index contributed by atoms with van der Waals surface area (Å²) >= 11 is 0. The molecule has 1 aromatic rings. The van der Waals surface area contributed by atoms with Crippen LogP contribution in [0.2, 0.25) is 0 Å². The minimum Gasteiger partial charge on any atom is -0.344 e. The van der Waals surface area contributed by atoms with E-state index >= 15 is 0 Å². The van der Waals surface area contributed by atoms with Crippen molar-refractivity contribution in [2.45, 2.75) is 65.3 Å². The van der Waals surface area contributed by atoms with Crippen LogP contribution in [0.4, 0.5) is 0 Å². The van der Waals surface area contributed by atoms with Gasteiger partial charge in [-0.3, -0.25) is 9.89 Å². The molecule has 0 saturated carbocycles. The summed E-state index contributed by atoms with van der Waals surface area (Å²) in [6.45, 7) is 12.2. The fourth-order valence-electron chi connectivity index (χ4n) is 1.46. The Bertz CT molecular complexity index is 413. The van der Waals surface area contributed by atoms with Crippen LogP contribution in [0.1, 0.15) is 70.8 Å². The largest absolute Gasteiger partial charge is 0.344 e. The monoisotopic (exact) mass is 252 g/mol. The van der Waals surface area contributed by atoms with E-state index in [0.717, 1.165) is 18.7 Å². The topological polar surface area (TPSA) is 70.7 Å². The summed E-state index contributed by atoms with van der Waals surface area (Å²) in [5.74, 6) is 0.725. The van der Waals surface area contributed by atoms with Crippen LogP contribution in [0, 0.1) is 0 Å². The molecule has 0 spiro atoms. The maximum absolute atomic E-state index is 12.1. The lowest BCUT2D eigenvalue weighted by molar-refractivity contribution is 0.0890. The van der Waals surface area contributed by atoms with Gasteiger partial charge in [-0.25, -0.2) is 4.98 Å². The molecule has 0 aliphatic carbocycles. The Kier molecular flexibility index (Phi) is 4.14. The molecule has 0 aliphatic rings. The molecular weight excluding hydrogens is 228 g/mol. The zero-order chi connectivity index (χ0) is 14.0. The van der Waals surface area contributed by atoms with Crippen molar-refractivity contribution in [2.24, 2.45) is 0 Å². The van der Waals surface area contributed by atoms with E-state index in [2.05, 4.69) is 34.3 Å². The van der Waals surface area contributed by atoms with Gasteiger partial charge in [-0.1, -0.05) is 34.6 Å². The molecule has 0 aliphatic heterocycles. The third-order valence-corrected chi connectivity index (χ3v) is 3.37. The summed E-state index contributed by atoms with van der Waals surface area (Å²) in [6.07, 6.45) is 1.76. The molecular formula is C13H24N4O. The Morgan fingerprint density at radius 1 is 1.22 bits per heavy atom. The van der Waals surface area contributed by atoms with Gasteiger partial charge in [0.05, 0.1) is 0 Å². The summed E-state index contributed by atoms with van der Waals surface area (Å²) in [4.78, 5) is 16.3. The van der Waals surface area contributed by atoms with Crippen LogP contribution in [0.3, 0.4) is 0 Å². The zero-order valence-electron chi connectivity index (χ0n) is 12.2. The molecule has 1 amide bonds. The Hall–Kier alpha value is -1.39. The molecule has 0 aromatic carbocycles. The van der Waals surface area contributed by atoms with Crippen molar-refractivity contribution in [3.63, 3.8) is 0 Å². The lowest BCUT2D eigenvalue weighted by Gasteiger charge is -2.27. The molecule has 0 atom stereocenters. The maximum Gasteiger partial charge on any atom is 0.291 e. The first-order valence-electron chi connectivity index (χ1n) is 6.47. The first-order chi connectivity index (χ1) is 8.22. The summed E-state index contributed by atoms with van der Waals surface area (Å²) in [5, 5.41) is 9.80. The zero-order valence-corrected chi connectivity index (χ0v) is 12.2. The van der Waals surface area contributed by atoms with Crippen LogP contribution >= 0.6 is 0 Å². The summed E-state index contributed by atoms with van der Waals surface area (Å²) in [7, 11) is 0. The van der Waals surface area contributed by atoms with E-state index in [1.54, 1.807) is 0 Å². The van der Waals surface area contributed by atoms with Gasteiger partial charge in [-0.2, -0.15) is 0 Å². The van der Waals surface area contributed by atoms with Gasteiger partial charge in [0.1, 0.15) is 5.82 Å². The Labute approximate surface area is 109 Å². The van der Waals surface area contributed by atoms with Gasteiger partial charge in [0.2, 0.25) is 5.82 Å². The molecule has 1 heterocycles. The number of nitrogens with one attached hydrogen (secondary N) is 2. The Morgan fingerprint density at radius 3 is 2.17 bits per heavy atom. The van der Waals surface area contributed by atoms with E-state index in [4.69, 9.17) is 0 Å². The van der Waals surface area contributed by atoms with E-state index in [1.165, 1.54) is 0 Å². The van der Waals surface area contributed by atoms with Crippen molar-refractivity contribution in [2.75, 3.05) is 0 Å². The molecule has 2 N–H and O–H groups in total. The van der Waals surface area contributed by atoms with Crippen molar-refractivity contribution in [1.82, 2.24) is 20.5 Å². The van der Waals surface area contributed by atoms with Crippen molar-refractivity contribution in [3.8, 4) is 0 Å². The van der Waals surface area contributed by atoms with E-state index < -0.39 is 0 Å². The van der Waals surface area contributed by atoms with E-state index in [1.807, 2.05) is 27.7 Å². The molecule has 1 aromatic heterocycles. The average Bonchev–Trinajstić information content (AvgIpc) is 2.77. The molecule has 0 bridgehead atoms. The summed E-state index contributed by atoms with van der Waals surface area (Å²) < 4.78 is 0. The number of rotatable bonds is 4. The number of carbonyl (C=O) groups excluding carboxylic acids is 1. The third kappa shape index (κ3) is 3.31. The predicted molar refractivity (Wildman–Crippen MR) is 71.5 cm³/mol. The number of aromatic nitrogens is 3. The van der Waals surface area contributed by atoms with Crippen molar-refractivity contribution >= 4 is 5.91 Å². The van der Waals surface area contributed by atoms with Gasteiger partial charge in [0.15, 0.2) is 0 Å². The van der Waals surface area contributed by atoms with Gasteiger partial charge < -0.3 is 5.32 Å². The van der Waals surface area contributed by atoms with Crippen LogP contribution in [0.25, 0.3) is 0 Å². The second-order valence-electron chi connectivity index (χ2n) is 5.98. The predicted octanol–water partition coefficient (Wildman–Crippen LogP) is 2.41. The first-order valence-corrected chi connectivity index (χ1v) is 6.47. The molecule has 0 saturated heterocycles. The van der Waals surface area contributed by atoms with Gasteiger partial charge >= 0.3 is 0 Å². The highest BCUT2D eigenvalue weighted by molar-refractivity contribution is 5.90. The van der Waals surface area contributed by atoms with Crippen LogP contribution in [0.5, 0.6) is 0 Å². The minimum atomic E-state index is -0.215. The second kappa shape index (κ2) is 5.08. The number of carbonyl (C=O) groups is 1. The Morgan fingerprint density at radius 2 is 1.78 bits per heavy atom. The van der Waals surface area contributed by atoms with Gasteiger partial charge in [0, 0.05) is 11.0 Å². The number of H-pyrrole nitrogens is 1. The number of amides is 1. The molecule has 5 nitrogen and oxygen atoms in total. The lowest BCUT2D eigenvalue weighted by atomic mass is 9.95. The van der Waals surface area contributed by atoms with Crippen molar-refractivity contribution < 1.29 is 4.79 Å². The molecule has 0 radical (unpaired) electrons. The summed E-state index contributed by atoms with van der Waals surface area (Å²) in [5.41, 5.74) is -0.329. The fourth-order valence-corrected chi connectivity index (χ4v) is 1.46. The molecule has 0 unspecified atom stereocenters. The van der Waals surface area contributed by atoms with Gasteiger partial charge in [-0.15, -0.1) is 5.10 Å². The smallest absolute Gasteiger partial charge is 0.291 e. The molecule has 1 rings (SSSR count). The summed E-state index contributed by atoms with van der Waals surface area (Å²) in [6, 6.07) is 0. The van der Waals surface area contributed by atoms with Crippen molar-refractivity contribution in [3.05, 3.63) is 11.6 Å². The molecule has 18 heavy (non-hydrogen) atoms. The van der Waals surface area contributed by atoms with Gasteiger partial charge in [-0.05, 0) is 19.8 Å². The SMILES string of the molecule is CCC(C)(CC)NC(=O)c1n[nH]c(C(C)(C)C)n1. The normalized spacial score (nSPS) is 12.6. The van der Waals surface area contributed by atoms with Crippen LogP contribution in [-0.2, 0) is 5.41 Å². The van der Waals surface area contributed by atoms with E-state index in [-0.39, 0.29) is 22.7 Å².